The number of nitriles is 1. The maximum Gasteiger partial charge on any atom is 0.228 e. The first-order valence-corrected chi connectivity index (χ1v) is 12.0. The Hall–Kier alpha value is -3.74. The van der Waals surface area contributed by atoms with Crippen molar-refractivity contribution in [2.45, 2.75) is 18.9 Å². The molecule has 9 nitrogen and oxygen atoms in total. The summed E-state index contributed by atoms with van der Waals surface area (Å²) in [6.45, 7) is 5.48. The van der Waals surface area contributed by atoms with Crippen molar-refractivity contribution in [3.05, 3.63) is 54.4 Å². The van der Waals surface area contributed by atoms with E-state index in [1.807, 2.05) is 36.5 Å². The summed E-state index contributed by atoms with van der Waals surface area (Å²) < 4.78 is 11.5. The molecule has 0 amide bonds. The number of nitrogens with one attached hydrogen (secondary N) is 1. The first-order chi connectivity index (χ1) is 17.2. The van der Waals surface area contributed by atoms with Gasteiger partial charge in [-0.1, -0.05) is 0 Å². The van der Waals surface area contributed by atoms with Crippen molar-refractivity contribution in [1.29, 1.82) is 5.26 Å². The summed E-state index contributed by atoms with van der Waals surface area (Å²) in [6, 6.07) is 13.7. The van der Waals surface area contributed by atoms with Crippen LogP contribution in [0.5, 0.6) is 5.75 Å². The molecule has 4 heterocycles. The minimum Gasteiger partial charge on any atom is -0.489 e. The Balaban J connectivity index is 1.27. The molecule has 5 rings (SSSR count). The number of ether oxygens (including phenoxy) is 2. The summed E-state index contributed by atoms with van der Waals surface area (Å²) in [6.07, 6.45) is 5.32. The van der Waals surface area contributed by atoms with Crippen molar-refractivity contribution >= 4 is 17.5 Å². The smallest absolute Gasteiger partial charge is 0.228 e. The van der Waals surface area contributed by atoms with Crippen molar-refractivity contribution in [2.75, 3.05) is 56.7 Å². The zero-order chi connectivity index (χ0) is 24.0. The zero-order valence-corrected chi connectivity index (χ0v) is 19.9. The van der Waals surface area contributed by atoms with E-state index in [9.17, 15) is 5.26 Å². The largest absolute Gasteiger partial charge is 0.489 e. The number of nitrogens with zero attached hydrogens (tertiary/aromatic N) is 6. The summed E-state index contributed by atoms with van der Waals surface area (Å²) in [5.41, 5.74) is 3.14. The van der Waals surface area contributed by atoms with E-state index >= 15 is 0 Å². The van der Waals surface area contributed by atoms with E-state index in [1.165, 1.54) is 0 Å². The van der Waals surface area contributed by atoms with E-state index in [0.29, 0.717) is 42.0 Å². The fourth-order valence-corrected chi connectivity index (χ4v) is 4.26. The Kier molecular flexibility index (Phi) is 7.02. The maximum atomic E-state index is 9.68. The van der Waals surface area contributed by atoms with Gasteiger partial charge >= 0.3 is 0 Å². The van der Waals surface area contributed by atoms with Crippen molar-refractivity contribution in [3.8, 4) is 23.1 Å². The van der Waals surface area contributed by atoms with Gasteiger partial charge in [-0.25, -0.2) is 15.0 Å². The van der Waals surface area contributed by atoms with Crippen LogP contribution < -0.4 is 15.0 Å². The van der Waals surface area contributed by atoms with Gasteiger partial charge in [0.1, 0.15) is 23.7 Å². The maximum absolute atomic E-state index is 9.68. The number of hydrogen-bond donors (Lipinski definition) is 1. The number of pyridine rings is 1. The number of rotatable bonds is 6. The van der Waals surface area contributed by atoms with Crippen LogP contribution in [0.1, 0.15) is 18.4 Å². The van der Waals surface area contributed by atoms with Gasteiger partial charge in [-0.05, 0) is 43.4 Å². The van der Waals surface area contributed by atoms with Crippen LogP contribution in [-0.2, 0) is 4.74 Å². The van der Waals surface area contributed by atoms with Crippen LogP contribution >= 0.6 is 0 Å². The van der Waals surface area contributed by atoms with Gasteiger partial charge < -0.3 is 24.6 Å². The molecule has 0 bridgehead atoms. The predicted octanol–water partition coefficient (Wildman–Crippen LogP) is 3.46. The Morgan fingerprint density at radius 3 is 2.63 bits per heavy atom. The van der Waals surface area contributed by atoms with Gasteiger partial charge in [0.2, 0.25) is 5.95 Å². The molecule has 180 valence electrons. The highest BCUT2D eigenvalue weighted by atomic mass is 16.5. The van der Waals surface area contributed by atoms with Crippen LogP contribution in [0.15, 0.2) is 48.8 Å². The Morgan fingerprint density at radius 1 is 1.06 bits per heavy atom. The third kappa shape index (κ3) is 5.67. The van der Waals surface area contributed by atoms with E-state index in [4.69, 9.17) is 9.47 Å². The third-order valence-electron chi connectivity index (χ3n) is 6.37. The van der Waals surface area contributed by atoms with Crippen LogP contribution in [0, 0.1) is 11.3 Å². The number of anilines is 3. The fraction of sp³-hybridized carbons (Fsp3) is 0.385. The number of piperazine rings is 1. The third-order valence-corrected chi connectivity index (χ3v) is 6.37. The monoisotopic (exact) mass is 471 g/mol. The lowest BCUT2D eigenvalue weighted by Gasteiger charge is -2.33. The molecule has 0 radical (unpaired) electrons. The fourth-order valence-electron chi connectivity index (χ4n) is 4.26. The second-order valence-electron chi connectivity index (χ2n) is 8.83. The molecule has 0 spiro atoms. The van der Waals surface area contributed by atoms with Crippen LogP contribution in [0.25, 0.3) is 11.3 Å². The lowest BCUT2D eigenvalue weighted by molar-refractivity contribution is 0.0254. The highest BCUT2D eigenvalue weighted by Gasteiger charge is 2.18. The summed E-state index contributed by atoms with van der Waals surface area (Å²) in [4.78, 5) is 18.2. The Bertz CT molecular complexity index is 1180. The number of likely N-dealkylation sites (N-methyl/N-ethyl adjacent to an activating group) is 1. The minimum atomic E-state index is 0.0756. The van der Waals surface area contributed by atoms with Gasteiger partial charge in [0, 0.05) is 50.8 Å². The highest BCUT2D eigenvalue weighted by molar-refractivity contribution is 5.65. The van der Waals surface area contributed by atoms with E-state index in [1.54, 1.807) is 6.20 Å². The molecule has 2 fully saturated rings. The average Bonchev–Trinajstić information content (AvgIpc) is 2.91. The molecule has 0 aliphatic carbocycles. The number of benzene rings is 1. The van der Waals surface area contributed by atoms with Gasteiger partial charge in [0.05, 0.1) is 36.4 Å². The standard InChI is InChI=1S/C26H29N7O2/c1-32-10-12-33(13-11-32)21-3-5-25(29-18-21)31-26-28-9-6-23(30-26)19-2-4-24(20(16-19)17-27)35-22-7-14-34-15-8-22/h2-6,9,16,18,22H,7-8,10-15H2,1H3,(H,28,29,30,31). The van der Waals surface area contributed by atoms with Gasteiger partial charge in [-0.3, -0.25) is 0 Å². The zero-order valence-electron chi connectivity index (χ0n) is 19.9. The second kappa shape index (κ2) is 10.7. The van der Waals surface area contributed by atoms with Crippen molar-refractivity contribution in [1.82, 2.24) is 19.9 Å². The molecule has 9 heteroatoms. The lowest BCUT2D eigenvalue weighted by Crippen LogP contribution is -2.44. The average molecular weight is 472 g/mol. The quantitative estimate of drug-likeness (QED) is 0.579. The van der Waals surface area contributed by atoms with Crippen LogP contribution in [0.3, 0.4) is 0 Å². The topological polar surface area (TPSA) is 99.4 Å². The van der Waals surface area contributed by atoms with Crippen molar-refractivity contribution in [3.63, 3.8) is 0 Å². The molecule has 1 N–H and O–H groups in total. The SMILES string of the molecule is CN1CCN(c2ccc(Nc3nccc(-c4ccc(OC5CCOCC5)c(C#N)c4)n3)nc2)CC1. The number of hydrogen-bond acceptors (Lipinski definition) is 9. The second-order valence-corrected chi connectivity index (χ2v) is 8.83. The minimum absolute atomic E-state index is 0.0756. The lowest BCUT2D eigenvalue weighted by atomic mass is 10.1. The molecular formula is C26H29N7O2. The van der Waals surface area contributed by atoms with Crippen molar-refractivity contribution in [2.24, 2.45) is 0 Å². The van der Waals surface area contributed by atoms with Gasteiger partial charge in [0.25, 0.3) is 0 Å². The van der Waals surface area contributed by atoms with Crippen LogP contribution in [0.2, 0.25) is 0 Å². The molecule has 2 aliphatic rings. The predicted molar refractivity (Wildman–Crippen MR) is 134 cm³/mol. The van der Waals surface area contributed by atoms with Gasteiger partial charge in [-0.15, -0.1) is 0 Å². The van der Waals surface area contributed by atoms with E-state index < -0.39 is 0 Å². The molecule has 3 aromatic rings. The summed E-state index contributed by atoms with van der Waals surface area (Å²) >= 11 is 0. The van der Waals surface area contributed by atoms with Crippen LogP contribution in [0.4, 0.5) is 17.5 Å². The Morgan fingerprint density at radius 2 is 1.89 bits per heavy atom. The van der Waals surface area contributed by atoms with E-state index in [0.717, 1.165) is 50.3 Å². The summed E-state index contributed by atoms with van der Waals surface area (Å²) in [7, 11) is 2.15. The molecule has 2 aliphatic heterocycles. The van der Waals surface area contributed by atoms with Crippen LogP contribution in [-0.4, -0.2) is 72.4 Å². The van der Waals surface area contributed by atoms with Crippen molar-refractivity contribution < 1.29 is 9.47 Å². The number of aromatic nitrogens is 3. The molecule has 2 saturated heterocycles. The molecule has 0 saturated carbocycles. The molecular weight excluding hydrogens is 442 g/mol. The normalized spacial score (nSPS) is 17.1. The molecule has 35 heavy (non-hydrogen) atoms. The highest BCUT2D eigenvalue weighted by Crippen LogP contribution is 2.28. The van der Waals surface area contributed by atoms with Gasteiger partial charge in [-0.2, -0.15) is 5.26 Å². The Labute approximate surface area is 205 Å². The summed E-state index contributed by atoms with van der Waals surface area (Å²) in [5.74, 6) is 1.72. The molecule has 0 unspecified atom stereocenters. The summed E-state index contributed by atoms with van der Waals surface area (Å²) in [5, 5.41) is 12.9. The first-order valence-electron chi connectivity index (χ1n) is 12.0. The van der Waals surface area contributed by atoms with E-state index in [2.05, 4.69) is 49.3 Å². The first kappa shape index (κ1) is 23.0. The molecule has 0 atom stereocenters. The van der Waals surface area contributed by atoms with E-state index in [-0.39, 0.29) is 6.10 Å². The van der Waals surface area contributed by atoms with Gasteiger partial charge in [0.15, 0.2) is 0 Å². The molecule has 2 aromatic heterocycles. The molecule has 1 aromatic carbocycles.